The molecule has 0 radical (unpaired) electrons. The van der Waals surface area contributed by atoms with E-state index in [0.29, 0.717) is 13.2 Å². The number of rotatable bonds is 3. The molecule has 0 aromatic rings. The van der Waals surface area contributed by atoms with Crippen LogP contribution in [0.1, 0.15) is 13.8 Å². The maximum Gasteiger partial charge on any atom is 0.163 e. The van der Waals surface area contributed by atoms with Crippen molar-refractivity contribution in [3.8, 4) is 0 Å². The highest BCUT2D eigenvalue weighted by atomic mass is 16.7. The molecule has 1 aliphatic heterocycles. The highest BCUT2D eigenvalue weighted by Gasteiger charge is 2.32. The smallest absolute Gasteiger partial charge is 0.163 e. The third kappa shape index (κ3) is 2.52. The minimum atomic E-state index is -0.449. The van der Waals surface area contributed by atoms with E-state index in [-0.39, 0.29) is 6.10 Å². The molecule has 0 spiro atoms. The zero-order valence-electron chi connectivity index (χ0n) is 7.00. The van der Waals surface area contributed by atoms with Crippen molar-refractivity contribution < 1.29 is 14.2 Å². The van der Waals surface area contributed by atoms with Gasteiger partial charge in [0.05, 0.1) is 12.9 Å². The van der Waals surface area contributed by atoms with Gasteiger partial charge in [-0.2, -0.15) is 0 Å². The van der Waals surface area contributed by atoms with E-state index >= 15 is 0 Å². The van der Waals surface area contributed by atoms with Crippen LogP contribution in [0.2, 0.25) is 0 Å². The molecule has 1 heterocycles. The van der Waals surface area contributed by atoms with Crippen molar-refractivity contribution in [1.29, 1.82) is 0 Å². The van der Waals surface area contributed by atoms with Crippen molar-refractivity contribution in [3.63, 3.8) is 0 Å². The van der Waals surface area contributed by atoms with Crippen molar-refractivity contribution in [2.75, 3.05) is 13.2 Å². The summed E-state index contributed by atoms with van der Waals surface area (Å²) in [6, 6.07) is 0. The Labute approximate surface area is 66.9 Å². The third-order valence-corrected chi connectivity index (χ3v) is 1.47. The van der Waals surface area contributed by atoms with Crippen LogP contribution in [0.5, 0.6) is 0 Å². The lowest BCUT2D eigenvalue weighted by molar-refractivity contribution is -0.142. The summed E-state index contributed by atoms with van der Waals surface area (Å²) < 4.78 is 15.7. The Hall–Kier alpha value is -0.540. The van der Waals surface area contributed by atoms with Crippen molar-refractivity contribution >= 4 is 0 Å². The molecule has 11 heavy (non-hydrogen) atoms. The average molecular weight is 158 g/mol. The van der Waals surface area contributed by atoms with Crippen molar-refractivity contribution in [1.82, 2.24) is 0 Å². The Balaban J connectivity index is 2.24. The molecular weight excluding hydrogens is 144 g/mol. The van der Waals surface area contributed by atoms with Gasteiger partial charge in [-0.05, 0) is 13.8 Å². The van der Waals surface area contributed by atoms with Gasteiger partial charge in [0.25, 0.3) is 0 Å². The van der Waals surface area contributed by atoms with E-state index in [0.717, 1.165) is 0 Å². The second kappa shape index (κ2) is 3.24. The Kier molecular flexibility index (Phi) is 2.52. The maximum absolute atomic E-state index is 5.46. The molecule has 0 bridgehead atoms. The van der Waals surface area contributed by atoms with Crippen LogP contribution in [0, 0.1) is 0 Å². The van der Waals surface area contributed by atoms with Gasteiger partial charge in [0.15, 0.2) is 5.79 Å². The summed E-state index contributed by atoms with van der Waals surface area (Å²) in [5.41, 5.74) is 0. The van der Waals surface area contributed by atoms with Gasteiger partial charge in [-0.15, -0.1) is 0 Å². The van der Waals surface area contributed by atoms with Gasteiger partial charge in [0.2, 0.25) is 0 Å². The number of hydrogen-bond acceptors (Lipinski definition) is 3. The monoisotopic (exact) mass is 158 g/mol. The Morgan fingerprint density at radius 3 is 2.91 bits per heavy atom. The van der Waals surface area contributed by atoms with Crippen molar-refractivity contribution in [2.45, 2.75) is 25.7 Å². The van der Waals surface area contributed by atoms with Crippen LogP contribution in [0.25, 0.3) is 0 Å². The minimum absolute atomic E-state index is 0.0444. The molecule has 0 aromatic heterocycles. The summed E-state index contributed by atoms with van der Waals surface area (Å²) >= 11 is 0. The highest BCUT2D eigenvalue weighted by Crippen LogP contribution is 2.22. The maximum atomic E-state index is 5.46. The van der Waals surface area contributed by atoms with E-state index in [1.54, 1.807) is 0 Å². The van der Waals surface area contributed by atoms with Crippen LogP contribution in [0.3, 0.4) is 0 Å². The van der Waals surface area contributed by atoms with E-state index < -0.39 is 5.79 Å². The van der Waals surface area contributed by atoms with Crippen LogP contribution in [0.15, 0.2) is 12.8 Å². The van der Waals surface area contributed by atoms with Crippen LogP contribution in [-0.2, 0) is 14.2 Å². The Morgan fingerprint density at radius 1 is 1.73 bits per heavy atom. The van der Waals surface area contributed by atoms with E-state index in [9.17, 15) is 0 Å². The molecule has 3 nitrogen and oxygen atoms in total. The predicted octanol–water partition coefficient (Wildman–Crippen LogP) is 1.30. The second-order valence-electron chi connectivity index (χ2n) is 2.95. The molecule has 0 aliphatic carbocycles. The van der Waals surface area contributed by atoms with E-state index in [2.05, 4.69) is 6.58 Å². The first-order valence-electron chi connectivity index (χ1n) is 3.68. The number of hydrogen-bond donors (Lipinski definition) is 0. The summed E-state index contributed by atoms with van der Waals surface area (Å²) in [5, 5.41) is 0. The van der Waals surface area contributed by atoms with Crippen LogP contribution >= 0.6 is 0 Å². The van der Waals surface area contributed by atoms with Crippen LogP contribution in [-0.4, -0.2) is 25.1 Å². The first kappa shape index (κ1) is 8.56. The third-order valence-electron chi connectivity index (χ3n) is 1.47. The molecule has 0 amide bonds. The SMILES string of the molecule is C=COCC1COC(C)(C)O1. The molecule has 1 rings (SSSR count). The normalized spacial score (nSPS) is 28.4. The molecule has 0 aromatic carbocycles. The van der Waals surface area contributed by atoms with Crippen LogP contribution < -0.4 is 0 Å². The van der Waals surface area contributed by atoms with E-state index in [4.69, 9.17) is 14.2 Å². The topological polar surface area (TPSA) is 27.7 Å². The molecule has 1 saturated heterocycles. The highest BCUT2D eigenvalue weighted by molar-refractivity contribution is 4.70. The van der Waals surface area contributed by atoms with Gasteiger partial charge in [-0.1, -0.05) is 6.58 Å². The fourth-order valence-electron chi connectivity index (χ4n) is 1.02. The second-order valence-corrected chi connectivity index (χ2v) is 2.95. The molecule has 64 valence electrons. The van der Waals surface area contributed by atoms with Crippen molar-refractivity contribution in [3.05, 3.63) is 12.8 Å². The molecule has 0 saturated carbocycles. The molecule has 1 aliphatic rings. The summed E-state index contributed by atoms with van der Waals surface area (Å²) in [6.45, 7) is 8.34. The lowest BCUT2D eigenvalue weighted by Gasteiger charge is -2.16. The summed E-state index contributed by atoms with van der Waals surface area (Å²) in [6.07, 6.45) is 1.46. The molecule has 1 unspecified atom stereocenters. The van der Waals surface area contributed by atoms with Gasteiger partial charge >= 0.3 is 0 Å². The average Bonchev–Trinajstić information content (AvgIpc) is 2.26. The molecule has 1 atom stereocenters. The first-order chi connectivity index (χ1) is 5.14. The van der Waals surface area contributed by atoms with Gasteiger partial charge < -0.3 is 14.2 Å². The van der Waals surface area contributed by atoms with Gasteiger partial charge in [0.1, 0.15) is 12.7 Å². The summed E-state index contributed by atoms with van der Waals surface area (Å²) in [7, 11) is 0. The van der Waals surface area contributed by atoms with Gasteiger partial charge in [-0.3, -0.25) is 0 Å². The molecular formula is C8H14O3. The predicted molar refractivity (Wildman–Crippen MR) is 41.1 cm³/mol. The van der Waals surface area contributed by atoms with E-state index in [1.165, 1.54) is 6.26 Å². The Bertz CT molecular complexity index is 142. The standard InChI is InChI=1S/C8H14O3/c1-4-9-5-7-6-10-8(2,3)11-7/h4,7H,1,5-6H2,2-3H3. The zero-order valence-corrected chi connectivity index (χ0v) is 7.00. The van der Waals surface area contributed by atoms with Crippen LogP contribution in [0.4, 0.5) is 0 Å². The molecule has 3 heteroatoms. The Morgan fingerprint density at radius 2 is 2.45 bits per heavy atom. The fourth-order valence-corrected chi connectivity index (χ4v) is 1.02. The lowest BCUT2D eigenvalue weighted by Crippen LogP contribution is -2.23. The largest absolute Gasteiger partial charge is 0.499 e. The molecule has 1 fully saturated rings. The summed E-state index contributed by atoms with van der Waals surface area (Å²) in [4.78, 5) is 0. The first-order valence-corrected chi connectivity index (χ1v) is 3.68. The van der Waals surface area contributed by atoms with Crippen molar-refractivity contribution in [2.24, 2.45) is 0 Å². The fraction of sp³-hybridized carbons (Fsp3) is 0.750. The quantitative estimate of drug-likeness (QED) is 0.579. The zero-order chi connectivity index (χ0) is 8.32. The van der Waals surface area contributed by atoms with Gasteiger partial charge in [0, 0.05) is 0 Å². The van der Waals surface area contributed by atoms with E-state index in [1.807, 2.05) is 13.8 Å². The molecule has 0 N–H and O–H groups in total. The summed E-state index contributed by atoms with van der Waals surface area (Å²) in [5.74, 6) is -0.449. The van der Waals surface area contributed by atoms with Gasteiger partial charge in [-0.25, -0.2) is 0 Å². The lowest BCUT2D eigenvalue weighted by atomic mass is 10.4. The minimum Gasteiger partial charge on any atom is -0.499 e. The number of ether oxygens (including phenoxy) is 3.